The number of pyridine rings is 1. The summed E-state index contributed by atoms with van der Waals surface area (Å²) in [7, 11) is 1.35. The minimum absolute atomic E-state index is 0.0363. The number of hydrogen-bond acceptors (Lipinski definition) is 3. The van der Waals surface area contributed by atoms with Gasteiger partial charge in [0.15, 0.2) is 5.82 Å². The fraction of sp³-hybridized carbons (Fsp3) is 0.250. The van der Waals surface area contributed by atoms with Crippen LogP contribution in [0.15, 0.2) is 24.3 Å². The molecule has 1 aliphatic heterocycles. The Balaban J connectivity index is 1.67. The maximum atomic E-state index is 14.4. The van der Waals surface area contributed by atoms with Crippen LogP contribution in [0.25, 0.3) is 6.08 Å². The van der Waals surface area contributed by atoms with Crippen LogP contribution in [-0.4, -0.2) is 36.6 Å². The maximum absolute atomic E-state index is 14.4. The SMILES string of the molecule is Cc1cc(N2C(=O)NC[C@H]2C(=O)N(C)c2ccc(F)c(Cl)c2F)nc2c1C=CC2. The topological polar surface area (TPSA) is 65.5 Å². The second kappa shape index (κ2) is 7.11. The van der Waals surface area contributed by atoms with Crippen molar-refractivity contribution in [1.82, 2.24) is 10.3 Å². The Morgan fingerprint density at radius 1 is 1.38 bits per heavy atom. The number of nitrogens with zero attached hydrogens (tertiary/aromatic N) is 3. The molecule has 1 fully saturated rings. The molecular weight excluding hydrogens is 402 g/mol. The van der Waals surface area contributed by atoms with Crippen molar-refractivity contribution in [1.29, 1.82) is 0 Å². The highest BCUT2D eigenvalue weighted by Gasteiger charge is 2.40. The van der Waals surface area contributed by atoms with Gasteiger partial charge >= 0.3 is 6.03 Å². The average Bonchev–Trinajstić information content (AvgIpc) is 3.32. The van der Waals surface area contributed by atoms with E-state index in [1.807, 2.05) is 19.1 Å². The predicted octanol–water partition coefficient (Wildman–Crippen LogP) is 3.45. The van der Waals surface area contributed by atoms with Gasteiger partial charge in [-0.2, -0.15) is 0 Å². The Morgan fingerprint density at radius 2 is 2.14 bits per heavy atom. The molecule has 0 radical (unpaired) electrons. The number of amides is 3. The zero-order chi connectivity index (χ0) is 20.9. The normalized spacial score (nSPS) is 17.5. The summed E-state index contributed by atoms with van der Waals surface area (Å²) in [6, 6.07) is 2.46. The minimum Gasteiger partial charge on any atom is -0.335 e. The predicted molar refractivity (Wildman–Crippen MR) is 106 cm³/mol. The van der Waals surface area contributed by atoms with E-state index in [-0.39, 0.29) is 12.2 Å². The molecule has 0 unspecified atom stereocenters. The van der Waals surface area contributed by atoms with Crippen LogP contribution in [0.4, 0.5) is 25.1 Å². The zero-order valence-corrected chi connectivity index (χ0v) is 16.4. The van der Waals surface area contributed by atoms with Crippen molar-refractivity contribution < 1.29 is 18.4 Å². The second-order valence-electron chi connectivity index (χ2n) is 6.93. The molecule has 2 aromatic rings. The Morgan fingerprint density at radius 3 is 2.90 bits per heavy atom. The molecule has 0 saturated carbocycles. The molecule has 2 heterocycles. The number of carbonyl (C=O) groups excluding carboxylic acids is 2. The number of carbonyl (C=O) groups is 2. The Hall–Kier alpha value is -3.00. The molecular formula is C20H17ClF2N4O2. The lowest BCUT2D eigenvalue weighted by atomic mass is 10.1. The molecule has 9 heteroatoms. The highest BCUT2D eigenvalue weighted by molar-refractivity contribution is 6.31. The summed E-state index contributed by atoms with van der Waals surface area (Å²) in [6.45, 7) is 1.95. The summed E-state index contributed by atoms with van der Waals surface area (Å²) in [5.41, 5.74) is 2.60. The van der Waals surface area contributed by atoms with Gasteiger partial charge < -0.3 is 10.2 Å². The summed E-state index contributed by atoms with van der Waals surface area (Å²) >= 11 is 5.63. The number of nitrogens with one attached hydrogen (secondary N) is 1. The average molecular weight is 419 g/mol. The fourth-order valence-electron chi connectivity index (χ4n) is 3.61. The van der Waals surface area contributed by atoms with Gasteiger partial charge in [-0.1, -0.05) is 23.8 Å². The number of anilines is 2. The molecule has 0 bridgehead atoms. The molecule has 2 aliphatic rings. The number of urea groups is 1. The van der Waals surface area contributed by atoms with E-state index in [4.69, 9.17) is 11.6 Å². The third kappa shape index (κ3) is 3.13. The van der Waals surface area contributed by atoms with Crippen LogP contribution >= 0.6 is 11.6 Å². The highest BCUT2D eigenvalue weighted by Crippen LogP contribution is 2.31. The van der Waals surface area contributed by atoms with Crippen LogP contribution in [-0.2, 0) is 11.2 Å². The number of aromatic nitrogens is 1. The van der Waals surface area contributed by atoms with E-state index in [0.717, 1.165) is 33.9 Å². The summed E-state index contributed by atoms with van der Waals surface area (Å²) in [6.07, 6.45) is 4.61. The molecule has 150 valence electrons. The van der Waals surface area contributed by atoms with E-state index in [9.17, 15) is 18.4 Å². The van der Waals surface area contributed by atoms with Crippen molar-refractivity contribution in [2.24, 2.45) is 0 Å². The van der Waals surface area contributed by atoms with Crippen LogP contribution in [0.3, 0.4) is 0 Å². The van der Waals surface area contributed by atoms with E-state index < -0.39 is 34.6 Å². The summed E-state index contributed by atoms with van der Waals surface area (Å²) in [5.74, 6) is -2.16. The molecule has 1 saturated heterocycles. The summed E-state index contributed by atoms with van der Waals surface area (Å²) in [4.78, 5) is 32.4. The van der Waals surface area contributed by atoms with E-state index in [2.05, 4.69) is 10.3 Å². The molecule has 3 amide bonds. The molecule has 4 rings (SSSR count). The van der Waals surface area contributed by atoms with E-state index >= 15 is 0 Å². The van der Waals surface area contributed by atoms with E-state index in [1.54, 1.807) is 6.07 Å². The fourth-order valence-corrected chi connectivity index (χ4v) is 3.77. The monoisotopic (exact) mass is 418 g/mol. The zero-order valence-electron chi connectivity index (χ0n) is 15.7. The first-order valence-electron chi connectivity index (χ1n) is 8.94. The number of hydrogen-bond donors (Lipinski definition) is 1. The number of halogens is 3. The number of aryl methyl sites for hydroxylation is 1. The van der Waals surface area contributed by atoms with Gasteiger partial charge in [-0.3, -0.25) is 9.69 Å². The molecule has 29 heavy (non-hydrogen) atoms. The molecule has 1 N–H and O–H groups in total. The Bertz CT molecular complexity index is 1070. The van der Waals surface area contributed by atoms with Crippen molar-refractivity contribution >= 4 is 41.1 Å². The van der Waals surface area contributed by atoms with Crippen molar-refractivity contribution in [2.45, 2.75) is 19.4 Å². The van der Waals surface area contributed by atoms with Crippen LogP contribution in [0, 0.1) is 18.6 Å². The smallest absolute Gasteiger partial charge is 0.323 e. The highest BCUT2D eigenvalue weighted by atomic mass is 35.5. The largest absolute Gasteiger partial charge is 0.335 e. The first-order chi connectivity index (χ1) is 13.8. The van der Waals surface area contributed by atoms with Gasteiger partial charge in [0.1, 0.15) is 22.7 Å². The van der Waals surface area contributed by atoms with Gasteiger partial charge in [0.05, 0.1) is 11.4 Å². The Labute approximate surface area is 170 Å². The standard InChI is InChI=1S/C20H17ClF2N4O2/c1-10-8-16(25-13-5-3-4-11(10)13)27-15(9-24-20(27)29)19(28)26(2)14-7-6-12(22)17(21)18(14)23/h3-4,6-8,15H,5,9H2,1-2H3,(H,24,29)/t15-/m0/s1. The Kier molecular flexibility index (Phi) is 4.74. The van der Waals surface area contributed by atoms with Gasteiger partial charge in [0, 0.05) is 20.0 Å². The van der Waals surface area contributed by atoms with Gasteiger partial charge in [-0.15, -0.1) is 0 Å². The quantitative estimate of drug-likeness (QED) is 0.776. The molecule has 6 nitrogen and oxygen atoms in total. The van der Waals surface area contributed by atoms with Crippen LogP contribution < -0.4 is 15.1 Å². The van der Waals surface area contributed by atoms with E-state index in [0.29, 0.717) is 12.2 Å². The summed E-state index contributed by atoms with van der Waals surface area (Å²) in [5, 5.41) is 1.94. The molecule has 1 atom stereocenters. The van der Waals surface area contributed by atoms with E-state index in [1.165, 1.54) is 11.9 Å². The van der Waals surface area contributed by atoms with Crippen LogP contribution in [0.5, 0.6) is 0 Å². The molecule has 0 spiro atoms. The lowest BCUT2D eigenvalue weighted by Gasteiger charge is -2.27. The van der Waals surface area contributed by atoms with Gasteiger partial charge in [0.25, 0.3) is 5.91 Å². The van der Waals surface area contributed by atoms with Crippen molar-refractivity contribution in [3.05, 3.63) is 57.8 Å². The third-order valence-electron chi connectivity index (χ3n) is 5.14. The number of allylic oxidation sites excluding steroid dienone is 1. The van der Waals surface area contributed by atoms with Crippen LogP contribution in [0.2, 0.25) is 5.02 Å². The van der Waals surface area contributed by atoms with Crippen molar-refractivity contribution in [3.63, 3.8) is 0 Å². The van der Waals surface area contributed by atoms with Crippen LogP contribution in [0.1, 0.15) is 16.8 Å². The minimum atomic E-state index is -1.04. The van der Waals surface area contributed by atoms with Gasteiger partial charge in [-0.25, -0.2) is 18.6 Å². The molecule has 1 aromatic heterocycles. The van der Waals surface area contributed by atoms with Crippen molar-refractivity contribution in [3.8, 4) is 0 Å². The third-order valence-corrected chi connectivity index (χ3v) is 5.49. The van der Waals surface area contributed by atoms with Gasteiger partial charge in [0.2, 0.25) is 0 Å². The first kappa shape index (κ1) is 19.3. The summed E-state index contributed by atoms with van der Waals surface area (Å²) < 4.78 is 27.8. The van der Waals surface area contributed by atoms with Crippen molar-refractivity contribution in [2.75, 3.05) is 23.4 Å². The number of rotatable bonds is 3. The maximum Gasteiger partial charge on any atom is 0.323 e. The molecule has 1 aliphatic carbocycles. The lowest BCUT2D eigenvalue weighted by Crippen LogP contribution is -2.47. The second-order valence-corrected chi connectivity index (χ2v) is 7.31. The lowest BCUT2D eigenvalue weighted by molar-refractivity contribution is -0.119. The number of likely N-dealkylation sites (N-methyl/N-ethyl adjacent to an activating group) is 1. The number of fused-ring (bicyclic) bond motifs is 1. The van der Waals surface area contributed by atoms with Gasteiger partial charge in [-0.05, 0) is 36.2 Å². The number of benzene rings is 1. The molecule has 1 aromatic carbocycles. The first-order valence-corrected chi connectivity index (χ1v) is 9.32.